The van der Waals surface area contributed by atoms with Crippen LogP contribution in [0.25, 0.3) is 11.1 Å². The fraction of sp³-hybridized carbons (Fsp3) is 0.421. The van der Waals surface area contributed by atoms with Crippen molar-refractivity contribution in [1.82, 2.24) is 14.9 Å². The Labute approximate surface area is 311 Å². The molecule has 1 atom stereocenters. The van der Waals surface area contributed by atoms with Crippen molar-refractivity contribution in [2.75, 3.05) is 33.9 Å². The molecule has 1 heterocycles. The SMILES string of the molecule is COc1ccc(-c2cccc(S(=O)(=O)NC(Cc3cccc(/C(N)=N\OC(C)=O)c3)C(=O)N3CCC(CCNC(=O)OC(C)(C)C)CC3)c2)cc1OC. The average Bonchev–Trinajstić information content (AvgIpc) is 3.12. The number of carbonyl (C=O) groups is 3. The van der Waals surface area contributed by atoms with Gasteiger partial charge in [0.2, 0.25) is 15.9 Å². The fourth-order valence-electron chi connectivity index (χ4n) is 5.91. The monoisotopic (exact) mass is 751 g/mol. The summed E-state index contributed by atoms with van der Waals surface area (Å²) >= 11 is 0. The molecule has 286 valence electrons. The van der Waals surface area contributed by atoms with Gasteiger partial charge in [0.05, 0.1) is 19.1 Å². The number of amidine groups is 1. The van der Waals surface area contributed by atoms with Gasteiger partial charge in [-0.05, 0) is 99.4 Å². The summed E-state index contributed by atoms with van der Waals surface area (Å²) in [5.74, 6) is 0.226. The predicted molar refractivity (Wildman–Crippen MR) is 200 cm³/mol. The number of likely N-dealkylation sites (tertiary alicyclic amines) is 1. The number of piperidine rings is 1. The number of alkyl carbamates (subject to hydrolysis) is 1. The Hall–Kier alpha value is -5.15. The molecule has 0 aliphatic carbocycles. The van der Waals surface area contributed by atoms with Crippen molar-refractivity contribution in [3.8, 4) is 22.6 Å². The number of benzene rings is 3. The number of hydrogen-bond donors (Lipinski definition) is 3. The van der Waals surface area contributed by atoms with E-state index in [2.05, 4.69) is 20.0 Å². The van der Waals surface area contributed by atoms with Crippen molar-refractivity contribution in [2.24, 2.45) is 16.8 Å². The molecule has 0 saturated carbocycles. The molecular formula is C38H49N5O9S. The van der Waals surface area contributed by atoms with Gasteiger partial charge in [-0.25, -0.2) is 18.0 Å². The smallest absolute Gasteiger partial charge is 0.407 e. The van der Waals surface area contributed by atoms with Crippen LogP contribution in [0.5, 0.6) is 11.5 Å². The van der Waals surface area contributed by atoms with Crippen molar-refractivity contribution in [1.29, 1.82) is 0 Å². The van der Waals surface area contributed by atoms with Crippen LogP contribution in [0.4, 0.5) is 4.79 Å². The number of methoxy groups -OCH3 is 2. The highest BCUT2D eigenvalue weighted by molar-refractivity contribution is 7.89. The van der Waals surface area contributed by atoms with Crippen molar-refractivity contribution < 1.29 is 41.8 Å². The first-order valence-electron chi connectivity index (χ1n) is 17.3. The second-order valence-corrected chi connectivity index (χ2v) is 15.4. The Morgan fingerprint density at radius 1 is 0.943 bits per heavy atom. The van der Waals surface area contributed by atoms with Gasteiger partial charge in [-0.3, -0.25) is 4.79 Å². The average molecular weight is 752 g/mol. The molecule has 0 radical (unpaired) electrons. The highest BCUT2D eigenvalue weighted by Gasteiger charge is 2.32. The van der Waals surface area contributed by atoms with E-state index in [1.807, 2.05) is 0 Å². The van der Waals surface area contributed by atoms with Crippen molar-refractivity contribution in [3.63, 3.8) is 0 Å². The second-order valence-electron chi connectivity index (χ2n) is 13.7. The molecular weight excluding hydrogens is 703 g/mol. The van der Waals surface area contributed by atoms with Gasteiger partial charge in [0.15, 0.2) is 17.3 Å². The zero-order valence-electron chi connectivity index (χ0n) is 31.0. The minimum atomic E-state index is -4.22. The van der Waals surface area contributed by atoms with E-state index in [0.717, 1.165) is 6.42 Å². The zero-order valence-corrected chi connectivity index (χ0v) is 31.8. The molecule has 3 aromatic rings. The van der Waals surface area contributed by atoms with Crippen LogP contribution >= 0.6 is 0 Å². The van der Waals surface area contributed by atoms with Crippen LogP contribution < -0.4 is 25.2 Å². The van der Waals surface area contributed by atoms with E-state index in [-0.39, 0.29) is 29.0 Å². The van der Waals surface area contributed by atoms with Crippen LogP contribution in [0.3, 0.4) is 0 Å². The zero-order chi connectivity index (χ0) is 38.8. The molecule has 15 heteroatoms. The summed E-state index contributed by atoms with van der Waals surface area (Å²) in [4.78, 5) is 43.8. The normalized spacial score (nSPS) is 14.6. The number of carbonyl (C=O) groups excluding carboxylic acids is 3. The number of oxime groups is 1. The van der Waals surface area contributed by atoms with E-state index in [1.165, 1.54) is 33.3 Å². The molecule has 14 nitrogen and oxygen atoms in total. The van der Waals surface area contributed by atoms with Crippen LogP contribution in [-0.2, 0) is 35.6 Å². The largest absolute Gasteiger partial charge is 0.493 e. The molecule has 3 aromatic carbocycles. The molecule has 53 heavy (non-hydrogen) atoms. The molecule has 1 aliphatic heterocycles. The molecule has 0 aromatic heterocycles. The van der Waals surface area contributed by atoms with E-state index in [1.54, 1.807) is 80.3 Å². The lowest BCUT2D eigenvalue weighted by Gasteiger charge is -2.34. The highest BCUT2D eigenvalue weighted by atomic mass is 32.2. The van der Waals surface area contributed by atoms with Crippen LogP contribution in [0, 0.1) is 5.92 Å². The Morgan fingerprint density at radius 2 is 1.62 bits per heavy atom. The first kappa shape index (κ1) is 40.6. The van der Waals surface area contributed by atoms with Crippen LogP contribution in [-0.4, -0.2) is 82.6 Å². The van der Waals surface area contributed by atoms with Gasteiger partial charge in [0.25, 0.3) is 0 Å². The standard InChI is InChI=1S/C38H49N5O9S/c1-25(44)52-41-35(39)30-11-7-9-27(21-30)22-32(36(45)43-19-16-26(17-20-43)15-18-40-37(46)51-38(2,3)4)42-53(47,48)31-12-8-10-28(23-31)29-13-14-33(49-5)34(24-29)50-6/h7-14,21,23-24,26,32,42H,15-20,22H2,1-6H3,(H2,39,41)(H,40,46). The fourth-order valence-corrected chi connectivity index (χ4v) is 7.14. The van der Waals surface area contributed by atoms with E-state index in [4.69, 9.17) is 19.9 Å². The van der Waals surface area contributed by atoms with Crippen LogP contribution in [0.15, 0.2) is 76.8 Å². The summed E-state index contributed by atoms with van der Waals surface area (Å²) in [7, 11) is -1.17. The Kier molecular flexibility index (Phi) is 13.8. The molecule has 1 saturated heterocycles. The summed E-state index contributed by atoms with van der Waals surface area (Å²) in [5.41, 5.74) is 7.80. The number of nitrogens with zero attached hydrogens (tertiary/aromatic N) is 2. The van der Waals surface area contributed by atoms with Crippen molar-refractivity contribution >= 4 is 33.8 Å². The highest BCUT2D eigenvalue weighted by Crippen LogP contribution is 2.33. The predicted octanol–water partition coefficient (Wildman–Crippen LogP) is 4.60. The number of nitrogens with two attached hydrogens (primary N) is 1. The molecule has 1 fully saturated rings. The molecule has 0 spiro atoms. The quantitative estimate of drug-likeness (QED) is 0.0910. The van der Waals surface area contributed by atoms with E-state index in [9.17, 15) is 22.8 Å². The Bertz CT molecular complexity index is 1900. The van der Waals surface area contributed by atoms with Gasteiger partial charge in [-0.15, -0.1) is 0 Å². The topological polar surface area (TPSA) is 188 Å². The maximum Gasteiger partial charge on any atom is 0.407 e. The molecule has 0 bridgehead atoms. The molecule has 4 rings (SSSR count). The summed E-state index contributed by atoms with van der Waals surface area (Å²) in [6, 6.07) is 17.3. The maximum absolute atomic E-state index is 14.2. The van der Waals surface area contributed by atoms with E-state index in [0.29, 0.717) is 66.2 Å². The third-order valence-corrected chi connectivity index (χ3v) is 10.0. The molecule has 1 unspecified atom stereocenters. The lowest BCUT2D eigenvalue weighted by molar-refractivity contribution is -0.141. The summed E-state index contributed by atoms with van der Waals surface area (Å²) in [5, 5.41) is 6.43. The lowest BCUT2D eigenvalue weighted by Crippen LogP contribution is -2.51. The van der Waals surface area contributed by atoms with Crippen molar-refractivity contribution in [2.45, 2.75) is 69.9 Å². The first-order chi connectivity index (χ1) is 25.1. The van der Waals surface area contributed by atoms with Gasteiger partial charge in [0.1, 0.15) is 11.6 Å². The van der Waals surface area contributed by atoms with Gasteiger partial charge < -0.3 is 35.0 Å². The number of nitrogens with one attached hydrogen (secondary N) is 2. The summed E-state index contributed by atoms with van der Waals surface area (Å²) in [6.07, 6.45) is 1.62. The lowest BCUT2D eigenvalue weighted by atomic mass is 9.93. The Balaban J connectivity index is 1.55. The van der Waals surface area contributed by atoms with Crippen LogP contribution in [0.2, 0.25) is 0 Å². The first-order valence-corrected chi connectivity index (χ1v) is 18.8. The number of hydrogen-bond acceptors (Lipinski definition) is 10. The second kappa shape index (κ2) is 18.1. The third-order valence-electron chi connectivity index (χ3n) is 8.54. The van der Waals surface area contributed by atoms with Gasteiger partial charge in [-0.1, -0.05) is 41.6 Å². The molecule has 1 aliphatic rings. The maximum atomic E-state index is 14.2. The summed E-state index contributed by atoms with van der Waals surface area (Å²) in [6.45, 7) is 7.89. The van der Waals surface area contributed by atoms with Crippen LogP contribution in [0.1, 0.15) is 58.1 Å². The molecule has 4 N–H and O–H groups in total. The number of amides is 2. The number of ether oxygens (including phenoxy) is 3. The van der Waals surface area contributed by atoms with Crippen molar-refractivity contribution in [3.05, 3.63) is 77.9 Å². The minimum Gasteiger partial charge on any atom is -0.493 e. The van der Waals surface area contributed by atoms with Gasteiger partial charge in [0, 0.05) is 32.1 Å². The van der Waals surface area contributed by atoms with E-state index >= 15 is 0 Å². The van der Waals surface area contributed by atoms with E-state index < -0.39 is 33.7 Å². The molecule has 2 amide bonds. The number of sulfonamides is 1. The number of rotatable bonds is 14. The Morgan fingerprint density at radius 3 is 2.28 bits per heavy atom. The minimum absolute atomic E-state index is 0.00184. The summed E-state index contributed by atoms with van der Waals surface area (Å²) < 4.78 is 46.8. The third kappa shape index (κ3) is 11.9. The van der Waals surface area contributed by atoms with Gasteiger partial charge >= 0.3 is 12.1 Å². The van der Waals surface area contributed by atoms with Gasteiger partial charge in [-0.2, -0.15) is 4.72 Å².